The van der Waals surface area contributed by atoms with Crippen LogP contribution in [-0.2, 0) is 9.53 Å². The van der Waals surface area contributed by atoms with Gasteiger partial charge >= 0.3 is 6.09 Å². The smallest absolute Gasteiger partial charge is 0.408 e. The molecule has 1 amide bonds. The van der Waals surface area contributed by atoms with Gasteiger partial charge in [0.2, 0.25) is 0 Å². The molecule has 0 bridgehead atoms. The number of ether oxygens (including phenoxy) is 1. The summed E-state index contributed by atoms with van der Waals surface area (Å²) >= 11 is 0. The lowest BCUT2D eigenvalue weighted by Crippen LogP contribution is -2.43. The number of rotatable bonds is 4. The highest BCUT2D eigenvalue weighted by Crippen LogP contribution is 2.09. The summed E-state index contributed by atoms with van der Waals surface area (Å²) in [5.74, 6) is 0.120. The van der Waals surface area contributed by atoms with Crippen molar-refractivity contribution in [3.8, 4) is 0 Å². The van der Waals surface area contributed by atoms with Crippen molar-refractivity contribution in [3.63, 3.8) is 0 Å². The Morgan fingerprint density at radius 3 is 2.33 bits per heavy atom. The first-order chi connectivity index (χ1) is 6.80. The van der Waals surface area contributed by atoms with E-state index in [1.807, 2.05) is 13.8 Å². The van der Waals surface area contributed by atoms with Crippen LogP contribution in [0.15, 0.2) is 0 Å². The lowest BCUT2D eigenvalue weighted by Gasteiger charge is -2.23. The minimum absolute atomic E-state index is 0.120. The molecule has 0 radical (unpaired) electrons. The zero-order valence-electron chi connectivity index (χ0n) is 10.2. The van der Waals surface area contributed by atoms with Gasteiger partial charge in [-0.3, -0.25) is 0 Å². The van der Waals surface area contributed by atoms with E-state index in [2.05, 4.69) is 5.32 Å². The van der Waals surface area contributed by atoms with Crippen molar-refractivity contribution in [2.75, 3.05) is 0 Å². The Kier molecular flexibility index (Phi) is 5.33. The van der Waals surface area contributed by atoms with Crippen molar-refractivity contribution >= 4 is 12.4 Å². The van der Waals surface area contributed by atoms with Crippen LogP contribution >= 0.6 is 0 Å². The van der Waals surface area contributed by atoms with Gasteiger partial charge in [-0.2, -0.15) is 0 Å². The number of alkyl carbamates (subject to hydrolysis) is 1. The van der Waals surface area contributed by atoms with Gasteiger partial charge in [-0.1, -0.05) is 20.3 Å². The second-order valence-corrected chi connectivity index (χ2v) is 4.69. The molecule has 4 nitrogen and oxygen atoms in total. The largest absolute Gasteiger partial charge is 0.444 e. The maximum atomic E-state index is 11.4. The highest BCUT2D eigenvalue weighted by molar-refractivity contribution is 5.73. The molecule has 0 fully saturated rings. The van der Waals surface area contributed by atoms with E-state index in [-0.39, 0.29) is 5.92 Å². The highest BCUT2D eigenvalue weighted by Gasteiger charge is 2.21. The van der Waals surface area contributed by atoms with Crippen molar-refractivity contribution in [2.45, 2.75) is 52.7 Å². The van der Waals surface area contributed by atoms with Crippen LogP contribution in [0.3, 0.4) is 0 Å². The van der Waals surface area contributed by atoms with Gasteiger partial charge in [-0.05, 0) is 26.7 Å². The van der Waals surface area contributed by atoms with Gasteiger partial charge in [0.15, 0.2) is 0 Å². The average Bonchev–Trinajstić information content (AvgIpc) is 2.10. The summed E-state index contributed by atoms with van der Waals surface area (Å²) < 4.78 is 5.06. The van der Waals surface area contributed by atoms with Crippen molar-refractivity contribution in [1.82, 2.24) is 5.32 Å². The summed E-state index contributed by atoms with van der Waals surface area (Å²) in [7, 11) is 0. The first-order valence-electron chi connectivity index (χ1n) is 5.25. The Morgan fingerprint density at radius 2 is 2.00 bits per heavy atom. The SMILES string of the molecule is CC[C@H](C)[C@H](C=O)NC(=O)OC(C)(C)C. The lowest BCUT2D eigenvalue weighted by atomic mass is 10.0. The van der Waals surface area contributed by atoms with E-state index in [1.165, 1.54) is 0 Å². The van der Waals surface area contributed by atoms with Crippen molar-refractivity contribution in [1.29, 1.82) is 0 Å². The quantitative estimate of drug-likeness (QED) is 0.731. The van der Waals surface area contributed by atoms with Gasteiger partial charge in [0.1, 0.15) is 11.9 Å². The van der Waals surface area contributed by atoms with Gasteiger partial charge in [0, 0.05) is 0 Å². The third kappa shape index (κ3) is 6.10. The topological polar surface area (TPSA) is 55.4 Å². The molecule has 0 spiro atoms. The molecule has 0 heterocycles. The number of hydrogen-bond donors (Lipinski definition) is 1. The second-order valence-electron chi connectivity index (χ2n) is 4.69. The van der Waals surface area contributed by atoms with E-state index < -0.39 is 17.7 Å². The fraction of sp³-hybridized carbons (Fsp3) is 0.818. The van der Waals surface area contributed by atoms with Crippen molar-refractivity contribution in [2.24, 2.45) is 5.92 Å². The fourth-order valence-electron chi connectivity index (χ4n) is 1.01. The molecule has 0 saturated heterocycles. The molecule has 0 aliphatic carbocycles. The normalized spacial score (nSPS) is 15.3. The first kappa shape index (κ1) is 13.9. The summed E-state index contributed by atoms with van der Waals surface area (Å²) in [5.41, 5.74) is -0.535. The Hall–Kier alpha value is -1.06. The molecule has 2 atom stereocenters. The number of aldehydes is 1. The number of amides is 1. The Labute approximate surface area is 91.4 Å². The van der Waals surface area contributed by atoms with Crippen molar-refractivity contribution in [3.05, 3.63) is 0 Å². The minimum atomic E-state index is -0.542. The predicted octanol–water partition coefficient (Wildman–Crippen LogP) is 2.12. The van der Waals surface area contributed by atoms with Crippen LogP contribution in [0.4, 0.5) is 4.79 Å². The average molecular weight is 215 g/mol. The molecule has 0 aliphatic heterocycles. The van der Waals surface area contributed by atoms with Crippen LogP contribution in [0.25, 0.3) is 0 Å². The van der Waals surface area contributed by atoms with E-state index >= 15 is 0 Å². The maximum absolute atomic E-state index is 11.4. The fourth-order valence-corrected chi connectivity index (χ4v) is 1.01. The maximum Gasteiger partial charge on any atom is 0.408 e. The lowest BCUT2D eigenvalue weighted by molar-refractivity contribution is -0.110. The second kappa shape index (κ2) is 5.73. The van der Waals surface area contributed by atoms with Gasteiger partial charge in [-0.25, -0.2) is 4.79 Å². The number of nitrogens with one attached hydrogen (secondary N) is 1. The zero-order valence-corrected chi connectivity index (χ0v) is 10.2. The molecule has 0 unspecified atom stereocenters. The molecular formula is C11H21NO3. The standard InChI is InChI=1S/C11H21NO3/c1-6-8(2)9(7-13)12-10(14)15-11(3,4)5/h7-9H,6H2,1-5H3,(H,12,14)/t8-,9-/m0/s1. The van der Waals surface area contributed by atoms with E-state index in [1.54, 1.807) is 20.8 Å². The van der Waals surface area contributed by atoms with Crippen molar-refractivity contribution < 1.29 is 14.3 Å². The summed E-state index contributed by atoms with van der Waals surface area (Å²) in [4.78, 5) is 22.1. The molecule has 15 heavy (non-hydrogen) atoms. The third-order valence-corrected chi connectivity index (χ3v) is 2.09. The van der Waals surface area contributed by atoms with Crippen LogP contribution in [0.5, 0.6) is 0 Å². The number of carbonyl (C=O) groups excluding carboxylic acids is 2. The minimum Gasteiger partial charge on any atom is -0.444 e. The van der Waals surface area contributed by atoms with Crippen LogP contribution < -0.4 is 5.32 Å². The zero-order chi connectivity index (χ0) is 12.1. The first-order valence-corrected chi connectivity index (χ1v) is 5.25. The van der Waals surface area contributed by atoms with E-state index in [0.29, 0.717) is 0 Å². The molecule has 0 aromatic heterocycles. The van der Waals surface area contributed by atoms with Gasteiger partial charge in [0.05, 0.1) is 6.04 Å². The third-order valence-electron chi connectivity index (χ3n) is 2.09. The van der Waals surface area contributed by atoms with Crippen LogP contribution in [0.2, 0.25) is 0 Å². The molecule has 4 heteroatoms. The van der Waals surface area contributed by atoms with E-state index in [0.717, 1.165) is 12.7 Å². The summed E-state index contributed by atoms with van der Waals surface area (Å²) in [6.45, 7) is 9.23. The molecule has 0 aliphatic rings. The van der Waals surface area contributed by atoms with Crippen LogP contribution in [0.1, 0.15) is 41.0 Å². The molecule has 0 aromatic rings. The summed E-state index contributed by atoms with van der Waals surface area (Å²) in [5, 5.41) is 2.54. The molecule has 88 valence electrons. The van der Waals surface area contributed by atoms with Crippen LogP contribution in [-0.4, -0.2) is 24.0 Å². The predicted molar refractivity (Wildman–Crippen MR) is 58.7 cm³/mol. The molecule has 1 N–H and O–H groups in total. The van der Waals surface area contributed by atoms with Gasteiger partial charge < -0.3 is 14.8 Å². The highest BCUT2D eigenvalue weighted by atomic mass is 16.6. The summed E-state index contributed by atoms with van der Waals surface area (Å²) in [6, 6.07) is -0.468. The van der Waals surface area contributed by atoms with Gasteiger partial charge in [0.25, 0.3) is 0 Å². The van der Waals surface area contributed by atoms with Gasteiger partial charge in [-0.15, -0.1) is 0 Å². The molecule has 0 rings (SSSR count). The molecule has 0 saturated carbocycles. The van der Waals surface area contributed by atoms with E-state index in [9.17, 15) is 9.59 Å². The Balaban J connectivity index is 4.19. The van der Waals surface area contributed by atoms with Crippen LogP contribution in [0, 0.1) is 5.92 Å². The molecular weight excluding hydrogens is 194 g/mol. The Bertz CT molecular complexity index is 220. The van der Waals surface area contributed by atoms with E-state index in [4.69, 9.17) is 4.74 Å². The number of carbonyl (C=O) groups is 2. The molecule has 0 aromatic carbocycles. The monoisotopic (exact) mass is 215 g/mol. The number of hydrogen-bond acceptors (Lipinski definition) is 3. The summed E-state index contributed by atoms with van der Waals surface area (Å²) in [6.07, 6.45) is 1.04. The Morgan fingerprint density at radius 1 is 1.47 bits per heavy atom.